The van der Waals surface area contributed by atoms with E-state index in [9.17, 15) is 38.9 Å². The number of carbonyl (C=O) groups is 6. The lowest BCUT2D eigenvalue weighted by Gasteiger charge is -2.33. The fraction of sp³-hybridized carbons (Fsp3) is 0.500. The Hall–Kier alpha value is -4.36. The van der Waals surface area contributed by atoms with Gasteiger partial charge in [-0.3, -0.25) is 38.9 Å². The van der Waals surface area contributed by atoms with Gasteiger partial charge in [0.2, 0.25) is 23.6 Å². The molecule has 2 aliphatic rings. The van der Waals surface area contributed by atoms with Crippen molar-refractivity contribution in [1.82, 2.24) is 20.9 Å². The molecule has 14 nitrogen and oxygen atoms in total. The molecule has 0 aliphatic carbocycles. The van der Waals surface area contributed by atoms with Crippen LogP contribution in [0.5, 0.6) is 0 Å². The molecule has 0 saturated carbocycles. The number of carbonyl (C=O) groups excluding carboxylic acids is 6. The second-order valence-electron chi connectivity index (χ2n) is 9.50. The fourth-order valence-electron chi connectivity index (χ4n) is 4.32. The maximum atomic E-state index is 13.1. The van der Waals surface area contributed by atoms with Gasteiger partial charge in [-0.05, 0) is 45.7 Å². The number of likely N-dealkylation sites (tertiary alicyclic amines) is 1. The Morgan fingerprint density at radius 2 is 1.74 bits per heavy atom. The third-order valence-electron chi connectivity index (χ3n) is 6.63. The van der Waals surface area contributed by atoms with E-state index in [2.05, 4.69) is 21.3 Å². The van der Waals surface area contributed by atoms with Crippen LogP contribution in [0.4, 0.5) is 11.4 Å². The van der Waals surface area contributed by atoms with Crippen LogP contribution in [0, 0.1) is 10.1 Å². The number of nitrogens with zero attached hydrogens (tertiary/aromatic N) is 2. The molecular formula is C24H30N6O8. The standard InChI is InChI=1S/C24H30N6O8/c1-13(20(33)27-15-6-8-16(9-7-15)30(37)38)25-21(34)17-5-4-12-29(17)22(35)14(2)26-23(36)24(3)18(31)10-11-19(32)28-24/h6-9,13-14,17H,4-5,10-12H2,1-3H3,(H,25,34)(H,26,36)(H,27,33)(H,28,32)/t13-,14-,17-,24+/m0/s1. The van der Waals surface area contributed by atoms with Crippen molar-refractivity contribution in [2.24, 2.45) is 0 Å². The molecule has 0 unspecified atom stereocenters. The topological polar surface area (TPSA) is 197 Å². The van der Waals surface area contributed by atoms with E-state index in [1.54, 1.807) is 0 Å². The Morgan fingerprint density at radius 1 is 1.08 bits per heavy atom. The number of ketones is 1. The van der Waals surface area contributed by atoms with Crippen LogP contribution in [0.15, 0.2) is 24.3 Å². The van der Waals surface area contributed by atoms with E-state index in [4.69, 9.17) is 0 Å². The van der Waals surface area contributed by atoms with Gasteiger partial charge in [0.15, 0.2) is 11.3 Å². The Labute approximate surface area is 218 Å². The van der Waals surface area contributed by atoms with Crippen LogP contribution in [0.2, 0.25) is 0 Å². The van der Waals surface area contributed by atoms with Gasteiger partial charge in [-0.2, -0.15) is 0 Å². The van der Waals surface area contributed by atoms with Gasteiger partial charge >= 0.3 is 0 Å². The quantitative estimate of drug-likeness (QED) is 0.201. The van der Waals surface area contributed by atoms with Gasteiger partial charge in [0.25, 0.3) is 11.6 Å². The Kier molecular flexibility index (Phi) is 8.43. The number of non-ortho nitro benzene ring substituents is 1. The van der Waals surface area contributed by atoms with E-state index in [-0.39, 0.29) is 25.1 Å². The third kappa shape index (κ3) is 6.12. The van der Waals surface area contributed by atoms with Crippen molar-refractivity contribution in [1.29, 1.82) is 0 Å². The number of hydrogen-bond acceptors (Lipinski definition) is 8. The molecule has 0 aromatic heterocycles. The molecule has 38 heavy (non-hydrogen) atoms. The summed E-state index contributed by atoms with van der Waals surface area (Å²) < 4.78 is 0. The van der Waals surface area contributed by atoms with Crippen molar-refractivity contribution in [3.8, 4) is 0 Å². The SMILES string of the molecule is C[C@H](NC(=O)[C@@H]1CCCN1C(=O)[C@H](C)NC(=O)[C@]1(C)NC(=O)CCC1=O)C(=O)Nc1ccc([N+](=O)[O-])cc1. The highest BCUT2D eigenvalue weighted by Gasteiger charge is 2.46. The van der Waals surface area contributed by atoms with Gasteiger partial charge < -0.3 is 26.2 Å². The number of nitro benzene ring substituents is 1. The van der Waals surface area contributed by atoms with Crippen LogP contribution in [0.3, 0.4) is 0 Å². The van der Waals surface area contributed by atoms with Crippen LogP contribution < -0.4 is 21.3 Å². The van der Waals surface area contributed by atoms with Gasteiger partial charge in [-0.15, -0.1) is 0 Å². The first-order chi connectivity index (χ1) is 17.8. The molecule has 2 saturated heterocycles. The van der Waals surface area contributed by atoms with Gasteiger partial charge in [-0.25, -0.2) is 0 Å². The average molecular weight is 531 g/mol. The lowest BCUT2D eigenvalue weighted by atomic mass is 9.88. The number of piperidine rings is 1. The highest BCUT2D eigenvalue weighted by atomic mass is 16.6. The summed E-state index contributed by atoms with van der Waals surface area (Å²) in [5.74, 6) is -3.37. The van der Waals surface area contributed by atoms with Gasteiger partial charge in [0, 0.05) is 37.2 Å². The fourth-order valence-corrected chi connectivity index (χ4v) is 4.32. The molecule has 2 fully saturated rings. The number of benzene rings is 1. The van der Waals surface area contributed by atoms with Crippen molar-refractivity contribution < 1.29 is 33.7 Å². The number of rotatable bonds is 8. The zero-order valence-electron chi connectivity index (χ0n) is 21.2. The molecule has 5 amide bonds. The maximum absolute atomic E-state index is 13.1. The third-order valence-corrected chi connectivity index (χ3v) is 6.63. The molecule has 2 heterocycles. The monoisotopic (exact) mass is 530 g/mol. The molecule has 3 rings (SSSR count). The summed E-state index contributed by atoms with van der Waals surface area (Å²) in [5.41, 5.74) is -1.60. The minimum atomic E-state index is -1.78. The number of hydrogen-bond donors (Lipinski definition) is 4. The van der Waals surface area contributed by atoms with E-state index < -0.39 is 63.9 Å². The highest BCUT2D eigenvalue weighted by molar-refractivity contribution is 6.15. The summed E-state index contributed by atoms with van der Waals surface area (Å²) in [4.78, 5) is 86.8. The van der Waals surface area contributed by atoms with E-state index in [1.807, 2.05) is 0 Å². The zero-order chi connectivity index (χ0) is 28.2. The molecule has 1 aromatic carbocycles. The van der Waals surface area contributed by atoms with E-state index >= 15 is 0 Å². The van der Waals surface area contributed by atoms with Crippen LogP contribution in [0.1, 0.15) is 46.5 Å². The molecule has 14 heteroatoms. The van der Waals surface area contributed by atoms with Crippen LogP contribution in [0.25, 0.3) is 0 Å². The Balaban J connectivity index is 1.57. The predicted molar refractivity (Wildman–Crippen MR) is 132 cm³/mol. The molecule has 1 aromatic rings. The molecule has 204 valence electrons. The molecule has 2 aliphatic heterocycles. The summed E-state index contributed by atoms with van der Waals surface area (Å²) in [7, 11) is 0. The lowest BCUT2D eigenvalue weighted by Crippen LogP contribution is -2.66. The number of nitro groups is 1. The van der Waals surface area contributed by atoms with Crippen molar-refractivity contribution in [2.75, 3.05) is 11.9 Å². The molecule has 0 spiro atoms. The van der Waals surface area contributed by atoms with Crippen LogP contribution in [-0.4, -0.2) is 75.4 Å². The van der Waals surface area contributed by atoms with Crippen molar-refractivity contribution in [3.63, 3.8) is 0 Å². The largest absolute Gasteiger partial charge is 0.343 e. The predicted octanol–water partition coefficient (Wildman–Crippen LogP) is -0.228. The van der Waals surface area contributed by atoms with Gasteiger partial charge in [-0.1, -0.05) is 0 Å². The highest BCUT2D eigenvalue weighted by Crippen LogP contribution is 2.21. The van der Waals surface area contributed by atoms with E-state index in [1.165, 1.54) is 49.9 Å². The Morgan fingerprint density at radius 3 is 2.37 bits per heavy atom. The van der Waals surface area contributed by atoms with E-state index in [0.29, 0.717) is 18.5 Å². The number of Topliss-reactive ketones (excluding diaryl/α,β-unsaturated/α-hetero) is 1. The summed E-state index contributed by atoms with van der Waals surface area (Å²) in [6, 6.07) is 2.27. The minimum absolute atomic E-state index is 0.00885. The lowest BCUT2D eigenvalue weighted by molar-refractivity contribution is -0.384. The van der Waals surface area contributed by atoms with Crippen molar-refractivity contribution in [2.45, 2.75) is 70.1 Å². The van der Waals surface area contributed by atoms with Crippen LogP contribution in [-0.2, 0) is 28.8 Å². The van der Waals surface area contributed by atoms with Crippen molar-refractivity contribution >= 4 is 46.7 Å². The summed E-state index contributed by atoms with van der Waals surface area (Å²) in [5, 5.41) is 20.7. The smallest absolute Gasteiger partial charge is 0.269 e. The summed E-state index contributed by atoms with van der Waals surface area (Å²) in [6.45, 7) is 4.42. The second-order valence-corrected chi connectivity index (χ2v) is 9.50. The number of anilines is 1. The zero-order valence-corrected chi connectivity index (χ0v) is 21.2. The van der Waals surface area contributed by atoms with E-state index in [0.717, 1.165) is 0 Å². The summed E-state index contributed by atoms with van der Waals surface area (Å²) in [6.07, 6.45) is 0.787. The first-order valence-corrected chi connectivity index (χ1v) is 12.1. The number of nitrogens with one attached hydrogen (secondary N) is 4. The number of amides is 5. The molecule has 4 atom stereocenters. The van der Waals surface area contributed by atoms with Gasteiger partial charge in [0.05, 0.1) is 4.92 Å². The molecule has 4 N–H and O–H groups in total. The molecule has 0 bridgehead atoms. The first-order valence-electron chi connectivity index (χ1n) is 12.1. The second kappa shape index (κ2) is 11.4. The molecular weight excluding hydrogens is 500 g/mol. The average Bonchev–Trinajstić information content (AvgIpc) is 3.36. The van der Waals surface area contributed by atoms with Gasteiger partial charge in [0.1, 0.15) is 18.1 Å². The normalized spacial score (nSPS) is 22.6. The maximum Gasteiger partial charge on any atom is 0.269 e. The molecule has 0 radical (unpaired) electrons. The summed E-state index contributed by atoms with van der Waals surface area (Å²) >= 11 is 0. The first kappa shape index (κ1) is 28.2. The van der Waals surface area contributed by atoms with Crippen molar-refractivity contribution in [3.05, 3.63) is 34.4 Å². The van der Waals surface area contributed by atoms with Crippen LogP contribution >= 0.6 is 0 Å². The minimum Gasteiger partial charge on any atom is -0.343 e. The Bertz CT molecular complexity index is 1170.